The van der Waals surface area contributed by atoms with Crippen molar-refractivity contribution in [3.05, 3.63) is 30.1 Å². The molecule has 2 aromatic rings. The van der Waals surface area contributed by atoms with E-state index in [2.05, 4.69) is 22.4 Å². The SMILES string of the molecule is N#CCCc1cccc2[nH][c]nc12. The summed E-state index contributed by atoms with van der Waals surface area (Å²) in [5, 5.41) is 8.46. The Morgan fingerprint density at radius 3 is 3.31 bits per heavy atom. The second kappa shape index (κ2) is 3.28. The van der Waals surface area contributed by atoms with Gasteiger partial charge in [0.2, 0.25) is 0 Å². The molecular weight excluding hydrogens is 162 g/mol. The molecule has 2 rings (SSSR count). The van der Waals surface area contributed by atoms with Gasteiger partial charge in [0.1, 0.15) is 0 Å². The summed E-state index contributed by atoms with van der Waals surface area (Å²) in [5.41, 5.74) is 3.02. The molecule has 1 radical (unpaired) electrons. The first-order valence-electron chi connectivity index (χ1n) is 4.12. The Bertz CT molecular complexity index is 450. The number of nitrogens with one attached hydrogen (secondary N) is 1. The van der Waals surface area contributed by atoms with Gasteiger partial charge in [0.15, 0.2) is 6.33 Å². The Hall–Kier alpha value is -1.82. The number of nitrogens with zero attached hydrogens (tertiary/aromatic N) is 2. The van der Waals surface area contributed by atoms with Gasteiger partial charge in [0.05, 0.1) is 17.1 Å². The number of H-pyrrole nitrogens is 1. The number of benzene rings is 1. The molecule has 0 spiro atoms. The van der Waals surface area contributed by atoms with Crippen molar-refractivity contribution < 1.29 is 0 Å². The third kappa shape index (κ3) is 1.38. The van der Waals surface area contributed by atoms with E-state index in [1.807, 2.05) is 18.2 Å². The van der Waals surface area contributed by atoms with Crippen LogP contribution in [0.3, 0.4) is 0 Å². The molecule has 0 amide bonds. The second-order valence-corrected chi connectivity index (χ2v) is 2.82. The van der Waals surface area contributed by atoms with Crippen LogP contribution >= 0.6 is 0 Å². The fraction of sp³-hybridized carbons (Fsp3) is 0.200. The lowest BCUT2D eigenvalue weighted by Crippen LogP contribution is -1.85. The summed E-state index contributed by atoms with van der Waals surface area (Å²) in [6.45, 7) is 0. The van der Waals surface area contributed by atoms with Gasteiger partial charge in [-0.15, -0.1) is 0 Å². The average molecular weight is 170 g/mol. The lowest BCUT2D eigenvalue weighted by molar-refractivity contribution is 1.02. The predicted octanol–water partition coefficient (Wildman–Crippen LogP) is 1.82. The minimum Gasteiger partial charge on any atom is -0.335 e. The summed E-state index contributed by atoms with van der Waals surface area (Å²) >= 11 is 0. The average Bonchev–Trinajstić information content (AvgIpc) is 2.62. The van der Waals surface area contributed by atoms with E-state index in [1.54, 1.807) is 0 Å². The zero-order valence-corrected chi connectivity index (χ0v) is 7.04. The summed E-state index contributed by atoms with van der Waals surface area (Å²) in [4.78, 5) is 7.00. The first-order valence-corrected chi connectivity index (χ1v) is 4.12. The highest BCUT2D eigenvalue weighted by Gasteiger charge is 2.01. The molecule has 3 nitrogen and oxygen atoms in total. The highest BCUT2D eigenvalue weighted by atomic mass is 14.9. The Kier molecular flexibility index (Phi) is 1.97. The van der Waals surface area contributed by atoms with E-state index in [-0.39, 0.29) is 0 Å². The summed E-state index contributed by atoms with van der Waals surface area (Å²) in [6, 6.07) is 8.03. The highest BCUT2D eigenvalue weighted by molar-refractivity contribution is 5.77. The van der Waals surface area contributed by atoms with Crippen LogP contribution in [0.25, 0.3) is 11.0 Å². The van der Waals surface area contributed by atoms with Gasteiger partial charge in [0.25, 0.3) is 0 Å². The number of fused-ring (bicyclic) bond motifs is 1. The van der Waals surface area contributed by atoms with E-state index >= 15 is 0 Å². The zero-order chi connectivity index (χ0) is 9.10. The lowest BCUT2D eigenvalue weighted by Gasteiger charge is -1.97. The normalized spacial score (nSPS) is 10.1. The van der Waals surface area contributed by atoms with E-state index in [0.29, 0.717) is 6.42 Å². The van der Waals surface area contributed by atoms with E-state index in [1.165, 1.54) is 0 Å². The van der Waals surface area contributed by atoms with Crippen molar-refractivity contribution in [2.45, 2.75) is 12.8 Å². The first kappa shape index (κ1) is 7.81. The standard InChI is InChI=1S/C10H8N3/c11-6-2-4-8-3-1-5-9-10(8)13-7-12-9/h1,3,5H,2,4H2,(H,12,13). The number of para-hydroxylation sites is 1. The molecule has 0 aliphatic rings. The number of aromatic amines is 1. The number of rotatable bonds is 2. The molecule has 0 atom stereocenters. The van der Waals surface area contributed by atoms with Gasteiger partial charge in [-0.1, -0.05) is 12.1 Å². The van der Waals surface area contributed by atoms with Crippen LogP contribution in [0.1, 0.15) is 12.0 Å². The Morgan fingerprint density at radius 2 is 2.46 bits per heavy atom. The minimum absolute atomic E-state index is 0.534. The van der Waals surface area contributed by atoms with Crippen LogP contribution in [0, 0.1) is 17.7 Å². The van der Waals surface area contributed by atoms with E-state index in [4.69, 9.17) is 5.26 Å². The van der Waals surface area contributed by atoms with Crippen LogP contribution in [-0.4, -0.2) is 9.97 Å². The molecule has 63 valence electrons. The lowest BCUT2D eigenvalue weighted by atomic mass is 10.1. The molecule has 1 aromatic heterocycles. The summed E-state index contributed by atoms with van der Waals surface area (Å²) in [7, 11) is 0. The third-order valence-electron chi connectivity index (χ3n) is 1.98. The Morgan fingerprint density at radius 1 is 1.54 bits per heavy atom. The van der Waals surface area contributed by atoms with Gasteiger partial charge in [0, 0.05) is 6.42 Å². The van der Waals surface area contributed by atoms with Gasteiger partial charge < -0.3 is 4.98 Å². The van der Waals surface area contributed by atoms with Crippen LogP contribution < -0.4 is 0 Å². The largest absolute Gasteiger partial charge is 0.335 e. The Balaban J connectivity index is 2.44. The smallest absolute Gasteiger partial charge is 0.174 e. The zero-order valence-electron chi connectivity index (χ0n) is 7.04. The van der Waals surface area contributed by atoms with Gasteiger partial charge in [-0.2, -0.15) is 5.26 Å². The van der Waals surface area contributed by atoms with Crippen molar-refractivity contribution >= 4 is 11.0 Å². The maximum absolute atomic E-state index is 8.46. The number of hydrogen-bond acceptors (Lipinski definition) is 2. The maximum Gasteiger partial charge on any atom is 0.174 e. The van der Waals surface area contributed by atoms with Crippen LogP contribution in [0.15, 0.2) is 18.2 Å². The van der Waals surface area contributed by atoms with Crippen molar-refractivity contribution in [3.63, 3.8) is 0 Å². The van der Waals surface area contributed by atoms with E-state index < -0.39 is 0 Å². The highest BCUT2D eigenvalue weighted by Crippen LogP contribution is 2.15. The molecular formula is C10H8N3. The third-order valence-corrected chi connectivity index (χ3v) is 1.98. The van der Waals surface area contributed by atoms with Gasteiger partial charge in [-0.05, 0) is 18.1 Å². The molecule has 0 unspecified atom stereocenters. The first-order chi connectivity index (χ1) is 6.42. The van der Waals surface area contributed by atoms with E-state index in [0.717, 1.165) is 23.0 Å². The van der Waals surface area contributed by atoms with Gasteiger partial charge >= 0.3 is 0 Å². The number of aryl methyl sites for hydroxylation is 1. The molecule has 0 bridgehead atoms. The van der Waals surface area contributed by atoms with Crippen LogP contribution in [0.5, 0.6) is 0 Å². The molecule has 0 saturated heterocycles. The predicted molar refractivity (Wildman–Crippen MR) is 48.9 cm³/mol. The topological polar surface area (TPSA) is 52.5 Å². The molecule has 0 aliphatic heterocycles. The molecule has 0 aliphatic carbocycles. The van der Waals surface area contributed by atoms with Crippen LogP contribution in [-0.2, 0) is 6.42 Å². The Labute approximate surface area is 76.0 Å². The molecule has 0 saturated carbocycles. The maximum atomic E-state index is 8.46. The number of aromatic nitrogens is 2. The van der Waals surface area contributed by atoms with Crippen LogP contribution in [0.2, 0.25) is 0 Å². The van der Waals surface area contributed by atoms with Crippen molar-refractivity contribution in [2.75, 3.05) is 0 Å². The number of hydrogen-bond donors (Lipinski definition) is 1. The monoisotopic (exact) mass is 170 g/mol. The van der Waals surface area contributed by atoms with Crippen molar-refractivity contribution in [1.29, 1.82) is 5.26 Å². The fourth-order valence-corrected chi connectivity index (χ4v) is 1.36. The van der Waals surface area contributed by atoms with Crippen LogP contribution in [0.4, 0.5) is 0 Å². The van der Waals surface area contributed by atoms with Gasteiger partial charge in [-0.3, -0.25) is 0 Å². The molecule has 1 heterocycles. The summed E-state index contributed by atoms with van der Waals surface area (Å²) < 4.78 is 0. The van der Waals surface area contributed by atoms with E-state index in [9.17, 15) is 0 Å². The second-order valence-electron chi connectivity index (χ2n) is 2.82. The molecule has 0 fully saturated rings. The summed E-state index contributed by atoms with van der Waals surface area (Å²) in [5.74, 6) is 0. The quantitative estimate of drug-likeness (QED) is 0.747. The van der Waals surface area contributed by atoms with Crippen molar-refractivity contribution in [1.82, 2.24) is 9.97 Å². The number of imidazole rings is 1. The number of nitriles is 1. The minimum atomic E-state index is 0.534. The van der Waals surface area contributed by atoms with Crippen molar-refractivity contribution in [3.8, 4) is 6.07 Å². The molecule has 1 aromatic carbocycles. The molecule has 13 heavy (non-hydrogen) atoms. The fourth-order valence-electron chi connectivity index (χ4n) is 1.36. The van der Waals surface area contributed by atoms with Gasteiger partial charge in [-0.25, -0.2) is 4.98 Å². The molecule has 1 N–H and O–H groups in total. The summed E-state index contributed by atoms with van der Waals surface area (Å²) in [6.07, 6.45) is 3.99. The molecule has 3 heteroatoms. The van der Waals surface area contributed by atoms with Crippen molar-refractivity contribution in [2.24, 2.45) is 0 Å².